The van der Waals surface area contributed by atoms with Crippen molar-refractivity contribution >= 4 is 21.6 Å². The Hall–Kier alpha value is -2.83. The molecule has 1 saturated carbocycles. The second kappa shape index (κ2) is 7.54. The number of aromatic amines is 1. The summed E-state index contributed by atoms with van der Waals surface area (Å²) in [6.07, 6.45) is 2.26. The molecule has 1 atom stereocenters. The number of hydrogen-bond donors (Lipinski definition) is 2. The summed E-state index contributed by atoms with van der Waals surface area (Å²) < 4.78 is 14.1. The standard InChI is InChI=1S/C23H20FN3OS/c24-19-9-5-4-8-16(19)12-27(17-10-11-17)13-20-25-22(28)21-18(14-29-23(21)26-20)15-6-2-1-3-7-15/h1-9,14,17H,10-13H2,(H,25,26,28)/p+1. The molecule has 1 aliphatic rings. The molecule has 0 amide bonds. The Morgan fingerprint density at radius 3 is 2.59 bits per heavy atom. The molecule has 2 aromatic heterocycles. The number of benzene rings is 2. The van der Waals surface area contributed by atoms with Gasteiger partial charge in [0, 0.05) is 29.3 Å². The van der Waals surface area contributed by atoms with Gasteiger partial charge in [0.25, 0.3) is 5.56 Å². The molecule has 29 heavy (non-hydrogen) atoms. The number of H-pyrrole nitrogens is 1. The van der Waals surface area contributed by atoms with Crippen molar-refractivity contribution in [1.29, 1.82) is 0 Å². The van der Waals surface area contributed by atoms with Crippen LogP contribution in [0.5, 0.6) is 0 Å². The Morgan fingerprint density at radius 2 is 1.83 bits per heavy atom. The molecule has 6 heteroatoms. The lowest BCUT2D eigenvalue weighted by atomic mass is 10.1. The van der Waals surface area contributed by atoms with Crippen LogP contribution in [0.4, 0.5) is 4.39 Å². The van der Waals surface area contributed by atoms with E-state index in [1.165, 1.54) is 22.3 Å². The van der Waals surface area contributed by atoms with E-state index in [1.54, 1.807) is 6.07 Å². The Kier molecular flexibility index (Phi) is 4.73. The van der Waals surface area contributed by atoms with Crippen LogP contribution in [-0.2, 0) is 13.1 Å². The zero-order valence-corrected chi connectivity index (χ0v) is 16.6. The number of halogens is 1. The van der Waals surface area contributed by atoms with Gasteiger partial charge in [0.2, 0.25) is 0 Å². The fourth-order valence-corrected chi connectivity index (χ4v) is 4.82. The van der Waals surface area contributed by atoms with Crippen LogP contribution < -0.4 is 10.5 Å². The van der Waals surface area contributed by atoms with Crippen molar-refractivity contribution in [1.82, 2.24) is 9.97 Å². The first kappa shape index (κ1) is 18.2. The van der Waals surface area contributed by atoms with E-state index in [2.05, 4.69) is 4.98 Å². The van der Waals surface area contributed by atoms with Gasteiger partial charge in [-0.1, -0.05) is 48.5 Å². The molecule has 4 nitrogen and oxygen atoms in total. The summed E-state index contributed by atoms with van der Waals surface area (Å²) >= 11 is 1.49. The average molecular weight is 407 g/mol. The van der Waals surface area contributed by atoms with Crippen molar-refractivity contribution < 1.29 is 9.29 Å². The second-order valence-electron chi connectivity index (χ2n) is 7.59. The molecule has 5 rings (SSSR count). The molecule has 0 saturated heterocycles. The predicted octanol–water partition coefficient (Wildman–Crippen LogP) is 3.54. The normalized spacial score (nSPS) is 14.9. The number of rotatable bonds is 6. The van der Waals surface area contributed by atoms with Gasteiger partial charge < -0.3 is 9.88 Å². The van der Waals surface area contributed by atoms with E-state index in [0.29, 0.717) is 35.9 Å². The van der Waals surface area contributed by atoms with E-state index in [9.17, 15) is 9.18 Å². The van der Waals surface area contributed by atoms with Crippen molar-refractivity contribution in [3.8, 4) is 11.1 Å². The van der Waals surface area contributed by atoms with E-state index in [0.717, 1.165) is 28.8 Å². The van der Waals surface area contributed by atoms with Crippen LogP contribution in [-0.4, -0.2) is 16.0 Å². The van der Waals surface area contributed by atoms with Crippen LogP contribution in [0.1, 0.15) is 24.2 Å². The minimum absolute atomic E-state index is 0.105. The largest absolute Gasteiger partial charge is 0.322 e. The minimum atomic E-state index is -0.173. The Morgan fingerprint density at radius 1 is 1.07 bits per heavy atom. The number of nitrogens with one attached hydrogen (secondary N) is 2. The molecule has 0 radical (unpaired) electrons. The molecule has 2 heterocycles. The van der Waals surface area contributed by atoms with Crippen LogP contribution in [0, 0.1) is 5.82 Å². The topological polar surface area (TPSA) is 50.2 Å². The predicted molar refractivity (Wildman–Crippen MR) is 113 cm³/mol. The SMILES string of the molecule is O=c1[nH]c(C[NH+](Cc2ccccc2F)C2CC2)nc2scc(-c3ccccc3)c12. The first-order valence-corrected chi connectivity index (χ1v) is 10.7. The first-order chi connectivity index (χ1) is 14.2. The lowest BCUT2D eigenvalue weighted by molar-refractivity contribution is -0.939. The third-order valence-corrected chi connectivity index (χ3v) is 6.37. The molecule has 2 aromatic carbocycles. The molecular formula is C23H21FN3OS+. The number of thiophene rings is 1. The van der Waals surface area contributed by atoms with Crippen molar-refractivity contribution in [2.75, 3.05) is 0 Å². The van der Waals surface area contributed by atoms with Crippen molar-refractivity contribution in [2.45, 2.75) is 32.0 Å². The molecule has 4 aromatic rings. The third kappa shape index (κ3) is 3.73. The lowest BCUT2D eigenvalue weighted by Crippen LogP contribution is -3.10. The molecule has 1 fully saturated rings. The van der Waals surface area contributed by atoms with Crippen molar-refractivity contribution in [3.05, 3.63) is 87.5 Å². The van der Waals surface area contributed by atoms with E-state index >= 15 is 0 Å². The molecule has 0 spiro atoms. The zero-order valence-electron chi connectivity index (χ0n) is 15.8. The molecular weight excluding hydrogens is 385 g/mol. The maximum Gasteiger partial charge on any atom is 0.260 e. The summed E-state index contributed by atoms with van der Waals surface area (Å²) in [7, 11) is 0. The number of nitrogens with zero attached hydrogens (tertiary/aromatic N) is 1. The van der Waals surface area contributed by atoms with Crippen LogP contribution in [0.2, 0.25) is 0 Å². The Bertz CT molecular complexity index is 1210. The van der Waals surface area contributed by atoms with E-state index in [1.807, 2.05) is 47.8 Å². The number of quaternary nitrogens is 1. The summed E-state index contributed by atoms with van der Waals surface area (Å²) in [5.74, 6) is 0.496. The maximum absolute atomic E-state index is 14.1. The van der Waals surface area contributed by atoms with Gasteiger partial charge in [0.1, 0.15) is 23.7 Å². The van der Waals surface area contributed by atoms with Gasteiger partial charge in [-0.3, -0.25) is 4.79 Å². The van der Waals surface area contributed by atoms with E-state index in [4.69, 9.17) is 4.98 Å². The van der Waals surface area contributed by atoms with Gasteiger partial charge in [-0.2, -0.15) is 0 Å². The van der Waals surface area contributed by atoms with Gasteiger partial charge in [-0.05, 0) is 11.6 Å². The number of fused-ring (bicyclic) bond motifs is 1. The van der Waals surface area contributed by atoms with Gasteiger partial charge in [0.15, 0.2) is 5.82 Å². The smallest absolute Gasteiger partial charge is 0.260 e. The number of aromatic nitrogens is 2. The van der Waals surface area contributed by atoms with Crippen LogP contribution in [0.25, 0.3) is 21.3 Å². The molecule has 0 aliphatic heterocycles. The average Bonchev–Trinajstić information content (AvgIpc) is 3.49. The van der Waals surface area contributed by atoms with Gasteiger partial charge >= 0.3 is 0 Å². The fourth-order valence-electron chi connectivity index (χ4n) is 3.85. The highest BCUT2D eigenvalue weighted by Gasteiger charge is 2.34. The Labute approximate surface area is 171 Å². The summed E-state index contributed by atoms with van der Waals surface area (Å²) in [6, 6.07) is 17.3. The highest BCUT2D eigenvalue weighted by atomic mass is 32.1. The van der Waals surface area contributed by atoms with E-state index in [-0.39, 0.29) is 11.4 Å². The van der Waals surface area contributed by atoms with Crippen LogP contribution >= 0.6 is 11.3 Å². The quantitative estimate of drug-likeness (QED) is 0.515. The first-order valence-electron chi connectivity index (χ1n) is 9.83. The summed E-state index contributed by atoms with van der Waals surface area (Å²) in [6.45, 7) is 1.18. The van der Waals surface area contributed by atoms with E-state index < -0.39 is 0 Å². The third-order valence-electron chi connectivity index (χ3n) is 5.50. The summed E-state index contributed by atoms with van der Waals surface area (Å²) in [4.78, 5) is 22.6. The van der Waals surface area contributed by atoms with Crippen LogP contribution in [0.15, 0.2) is 64.8 Å². The Balaban J connectivity index is 1.46. The molecule has 146 valence electrons. The highest BCUT2D eigenvalue weighted by molar-refractivity contribution is 7.17. The lowest BCUT2D eigenvalue weighted by Gasteiger charge is -2.19. The van der Waals surface area contributed by atoms with Gasteiger partial charge in [0.05, 0.1) is 11.4 Å². The zero-order chi connectivity index (χ0) is 19.8. The minimum Gasteiger partial charge on any atom is -0.322 e. The molecule has 1 unspecified atom stereocenters. The molecule has 0 bridgehead atoms. The highest BCUT2D eigenvalue weighted by Crippen LogP contribution is 2.30. The fraction of sp³-hybridized carbons (Fsp3) is 0.217. The van der Waals surface area contributed by atoms with Crippen molar-refractivity contribution in [2.24, 2.45) is 0 Å². The van der Waals surface area contributed by atoms with Gasteiger partial charge in [-0.25, -0.2) is 9.37 Å². The molecule has 1 aliphatic carbocycles. The second-order valence-corrected chi connectivity index (χ2v) is 8.44. The maximum atomic E-state index is 14.1. The monoisotopic (exact) mass is 406 g/mol. The molecule has 2 N–H and O–H groups in total. The van der Waals surface area contributed by atoms with Crippen molar-refractivity contribution in [3.63, 3.8) is 0 Å². The van der Waals surface area contributed by atoms with Crippen LogP contribution in [0.3, 0.4) is 0 Å². The summed E-state index contributed by atoms with van der Waals surface area (Å²) in [5, 5.41) is 2.64. The number of hydrogen-bond acceptors (Lipinski definition) is 3. The van der Waals surface area contributed by atoms with Gasteiger partial charge in [-0.15, -0.1) is 11.3 Å². The summed E-state index contributed by atoms with van der Waals surface area (Å²) in [5.41, 5.74) is 2.54.